The highest BCUT2D eigenvalue weighted by atomic mass is 16.5. The van der Waals surface area contributed by atoms with Crippen molar-refractivity contribution in [3.05, 3.63) is 47.5 Å². The van der Waals surface area contributed by atoms with Crippen LogP contribution in [0, 0.1) is 5.92 Å². The van der Waals surface area contributed by atoms with Crippen molar-refractivity contribution in [3.8, 4) is 23.0 Å². The molecule has 3 N–H and O–H groups in total. The van der Waals surface area contributed by atoms with Gasteiger partial charge in [-0.1, -0.05) is 19.1 Å². The molecule has 0 aliphatic rings. The van der Waals surface area contributed by atoms with E-state index in [0.717, 1.165) is 30.0 Å². The zero-order chi connectivity index (χ0) is 21.2. The molecule has 2 aromatic carbocycles. The molecule has 1 atom stereocenters. The van der Waals surface area contributed by atoms with E-state index >= 15 is 0 Å². The van der Waals surface area contributed by atoms with E-state index in [0.29, 0.717) is 29.9 Å². The summed E-state index contributed by atoms with van der Waals surface area (Å²) in [5, 5.41) is 3.19. The minimum absolute atomic E-state index is 0.364. The highest BCUT2D eigenvalue weighted by Crippen LogP contribution is 2.29. The second-order valence-electron chi connectivity index (χ2n) is 6.77. The van der Waals surface area contributed by atoms with E-state index in [1.807, 2.05) is 36.4 Å². The molecule has 7 nitrogen and oxygen atoms in total. The average molecular weight is 402 g/mol. The molecule has 2 rings (SSSR count). The topological polar surface area (TPSA) is 87.3 Å². The first-order valence-electron chi connectivity index (χ1n) is 9.46. The predicted octanol–water partition coefficient (Wildman–Crippen LogP) is 3.00. The van der Waals surface area contributed by atoms with Crippen LogP contribution in [0.5, 0.6) is 23.0 Å². The molecule has 0 aliphatic heterocycles. The van der Waals surface area contributed by atoms with E-state index in [1.54, 1.807) is 28.4 Å². The van der Waals surface area contributed by atoms with Crippen LogP contribution in [-0.2, 0) is 13.0 Å². The number of guanidine groups is 1. The van der Waals surface area contributed by atoms with Crippen LogP contribution in [0.15, 0.2) is 41.4 Å². The van der Waals surface area contributed by atoms with Crippen molar-refractivity contribution < 1.29 is 18.9 Å². The minimum Gasteiger partial charge on any atom is -0.493 e. The Bertz CT molecular complexity index is 824. The lowest BCUT2D eigenvalue weighted by molar-refractivity contribution is 0.354. The first-order chi connectivity index (χ1) is 14.0. The molecule has 1 unspecified atom stereocenters. The lowest BCUT2D eigenvalue weighted by atomic mass is 10.0. The Morgan fingerprint density at radius 3 is 1.93 bits per heavy atom. The van der Waals surface area contributed by atoms with E-state index in [9.17, 15) is 0 Å². The maximum atomic E-state index is 6.02. The summed E-state index contributed by atoms with van der Waals surface area (Å²) in [6, 6.07) is 11.7. The predicted molar refractivity (Wildman–Crippen MR) is 115 cm³/mol. The molecule has 0 fully saturated rings. The van der Waals surface area contributed by atoms with Crippen LogP contribution in [0.4, 0.5) is 0 Å². The van der Waals surface area contributed by atoms with Crippen molar-refractivity contribution in [2.75, 3.05) is 35.0 Å². The Labute approximate surface area is 172 Å². The zero-order valence-electron chi connectivity index (χ0n) is 17.8. The summed E-state index contributed by atoms with van der Waals surface area (Å²) in [5.41, 5.74) is 8.19. The highest BCUT2D eigenvalue weighted by molar-refractivity contribution is 5.77. The smallest absolute Gasteiger partial charge is 0.188 e. The van der Waals surface area contributed by atoms with Crippen molar-refractivity contribution in [1.29, 1.82) is 0 Å². The molecule has 0 amide bonds. The number of nitrogens with zero attached hydrogens (tertiary/aromatic N) is 1. The number of aliphatic imine (C=N–C) groups is 1. The van der Waals surface area contributed by atoms with Gasteiger partial charge in [-0.25, -0.2) is 4.99 Å². The van der Waals surface area contributed by atoms with Gasteiger partial charge in [0, 0.05) is 6.54 Å². The quantitative estimate of drug-likeness (QED) is 0.470. The lowest BCUT2D eigenvalue weighted by Crippen LogP contribution is -2.35. The third-order valence-electron chi connectivity index (χ3n) is 4.54. The van der Waals surface area contributed by atoms with Gasteiger partial charge in [-0.05, 0) is 47.7 Å². The molecule has 0 aromatic heterocycles. The summed E-state index contributed by atoms with van der Waals surface area (Å²) >= 11 is 0. The lowest BCUT2D eigenvalue weighted by Gasteiger charge is -2.15. The molecular formula is C22H31N3O4. The van der Waals surface area contributed by atoms with E-state index in [1.165, 1.54) is 5.56 Å². The number of nitrogens with one attached hydrogen (secondary N) is 1. The van der Waals surface area contributed by atoms with Crippen molar-refractivity contribution in [2.24, 2.45) is 16.6 Å². The molecule has 0 saturated heterocycles. The Morgan fingerprint density at radius 1 is 0.862 bits per heavy atom. The van der Waals surface area contributed by atoms with Crippen LogP contribution in [-0.4, -0.2) is 40.9 Å². The summed E-state index contributed by atoms with van der Waals surface area (Å²) in [6.45, 7) is 3.34. The van der Waals surface area contributed by atoms with Gasteiger partial charge in [0.1, 0.15) is 0 Å². The molecule has 0 radical (unpaired) electrons. The number of rotatable bonds is 10. The number of nitrogens with two attached hydrogens (primary N) is 1. The van der Waals surface area contributed by atoms with Crippen molar-refractivity contribution in [2.45, 2.75) is 19.9 Å². The molecule has 158 valence electrons. The third kappa shape index (κ3) is 6.48. The van der Waals surface area contributed by atoms with Crippen LogP contribution < -0.4 is 30.0 Å². The standard InChI is InChI=1S/C22H31N3O4/c1-15(10-16-6-8-18(26-2)20(11-16)28-4)13-24-22(23)25-14-17-7-9-19(27-3)21(12-17)29-5/h6-9,11-12,15H,10,13-14H2,1-5H3,(H3,23,24,25). The molecule has 2 aromatic rings. The van der Waals surface area contributed by atoms with Crippen LogP contribution in [0.1, 0.15) is 18.1 Å². The van der Waals surface area contributed by atoms with Gasteiger partial charge in [-0.3, -0.25) is 0 Å². The van der Waals surface area contributed by atoms with Crippen molar-refractivity contribution >= 4 is 5.96 Å². The molecule has 0 bridgehead atoms. The van der Waals surface area contributed by atoms with E-state index in [-0.39, 0.29) is 0 Å². The van der Waals surface area contributed by atoms with Crippen LogP contribution >= 0.6 is 0 Å². The molecule has 0 saturated carbocycles. The Morgan fingerprint density at radius 2 is 1.38 bits per heavy atom. The molecular weight excluding hydrogens is 370 g/mol. The summed E-state index contributed by atoms with van der Waals surface area (Å²) in [5.74, 6) is 3.61. The Kier molecular flexibility index (Phi) is 8.45. The van der Waals surface area contributed by atoms with E-state index < -0.39 is 0 Å². The zero-order valence-corrected chi connectivity index (χ0v) is 17.8. The fraction of sp³-hybridized carbons (Fsp3) is 0.409. The summed E-state index contributed by atoms with van der Waals surface area (Å²) in [4.78, 5) is 4.40. The van der Waals surface area contributed by atoms with Crippen LogP contribution in [0.25, 0.3) is 0 Å². The fourth-order valence-electron chi connectivity index (χ4n) is 2.97. The number of methoxy groups -OCH3 is 4. The maximum Gasteiger partial charge on any atom is 0.188 e. The molecule has 0 heterocycles. The number of hydrogen-bond acceptors (Lipinski definition) is 5. The summed E-state index contributed by atoms with van der Waals surface area (Å²) < 4.78 is 21.2. The van der Waals surface area contributed by atoms with Gasteiger partial charge in [0.05, 0.1) is 35.0 Å². The van der Waals surface area contributed by atoms with Gasteiger partial charge >= 0.3 is 0 Å². The normalized spacial score (nSPS) is 12.2. The third-order valence-corrected chi connectivity index (χ3v) is 4.54. The van der Waals surface area contributed by atoms with Gasteiger partial charge in [0.2, 0.25) is 0 Å². The minimum atomic E-state index is 0.364. The van der Waals surface area contributed by atoms with E-state index in [2.05, 4.69) is 17.2 Å². The Balaban J connectivity index is 1.87. The van der Waals surface area contributed by atoms with Crippen molar-refractivity contribution in [1.82, 2.24) is 5.32 Å². The first-order valence-corrected chi connectivity index (χ1v) is 9.46. The fourth-order valence-corrected chi connectivity index (χ4v) is 2.97. The van der Waals surface area contributed by atoms with Crippen LogP contribution in [0.2, 0.25) is 0 Å². The van der Waals surface area contributed by atoms with Crippen LogP contribution in [0.3, 0.4) is 0 Å². The monoisotopic (exact) mass is 401 g/mol. The van der Waals surface area contributed by atoms with E-state index in [4.69, 9.17) is 24.7 Å². The number of benzene rings is 2. The molecule has 0 spiro atoms. The van der Waals surface area contributed by atoms with Gasteiger partial charge in [-0.15, -0.1) is 0 Å². The highest BCUT2D eigenvalue weighted by Gasteiger charge is 2.09. The van der Waals surface area contributed by atoms with Gasteiger partial charge in [0.15, 0.2) is 29.0 Å². The number of hydrogen-bond donors (Lipinski definition) is 2. The maximum absolute atomic E-state index is 6.02. The SMILES string of the molecule is COc1ccc(CN=C(N)NCC(C)Cc2ccc(OC)c(OC)c2)cc1OC. The summed E-state index contributed by atoms with van der Waals surface area (Å²) in [7, 11) is 6.50. The molecule has 29 heavy (non-hydrogen) atoms. The van der Waals surface area contributed by atoms with Gasteiger partial charge < -0.3 is 30.0 Å². The van der Waals surface area contributed by atoms with Gasteiger partial charge in [0.25, 0.3) is 0 Å². The number of ether oxygens (including phenoxy) is 4. The second kappa shape index (κ2) is 11.0. The summed E-state index contributed by atoms with van der Waals surface area (Å²) in [6.07, 6.45) is 0.885. The molecule has 7 heteroatoms. The molecule has 0 aliphatic carbocycles. The largest absolute Gasteiger partial charge is 0.493 e. The van der Waals surface area contributed by atoms with Crippen molar-refractivity contribution in [3.63, 3.8) is 0 Å². The van der Waals surface area contributed by atoms with Gasteiger partial charge in [-0.2, -0.15) is 0 Å². The average Bonchev–Trinajstić information content (AvgIpc) is 2.75. The Hall–Kier alpha value is -3.09. The second-order valence-corrected chi connectivity index (χ2v) is 6.77. The first kappa shape index (κ1) is 22.2.